The van der Waals surface area contributed by atoms with E-state index in [1.165, 1.54) is 6.33 Å². The van der Waals surface area contributed by atoms with Gasteiger partial charge >= 0.3 is 0 Å². The largest absolute Gasteiger partial charge is 0.455 e. The number of pyridine rings is 2. The zero-order valence-corrected chi connectivity index (χ0v) is 19.0. The molecule has 1 N–H and O–H groups in total. The molecule has 5 heterocycles. The highest BCUT2D eigenvalue weighted by Crippen LogP contribution is 2.41. The second kappa shape index (κ2) is 8.64. The fourth-order valence-corrected chi connectivity index (χ4v) is 4.52. The number of likely N-dealkylation sites (tertiary alicyclic amines) is 1. The molecule has 0 radical (unpaired) electrons. The van der Waals surface area contributed by atoms with Gasteiger partial charge in [-0.05, 0) is 43.2 Å². The number of ether oxygens (including phenoxy) is 1. The first-order chi connectivity index (χ1) is 17.2. The summed E-state index contributed by atoms with van der Waals surface area (Å²) in [5, 5.41) is 4.10. The van der Waals surface area contributed by atoms with Crippen LogP contribution in [0.5, 0.6) is 11.5 Å². The lowest BCUT2D eigenvalue weighted by molar-refractivity contribution is -0.129. The molecule has 0 bridgehead atoms. The molecule has 1 aliphatic heterocycles. The molecule has 1 unspecified atom stereocenters. The van der Waals surface area contributed by atoms with Crippen LogP contribution in [-0.2, 0) is 4.79 Å². The number of fused-ring (bicyclic) bond motifs is 1. The highest BCUT2D eigenvalue weighted by molar-refractivity contribution is 5.82. The van der Waals surface area contributed by atoms with Crippen molar-refractivity contribution in [2.45, 2.75) is 25.8 Å². The van der Waals surface area contributed by atoms with Crippen molar-refractivity contribution in [1.82, 2.24) is 39.6 Å². The summed E-state index contributed by atoms with van der Waals surface area (Å²) in [5.74, 6) is 2.58. The topological polar surface area (TPSA) is 115 Å². The number of aromatic nitrogens is 7. The summed E-state index contributed by atoms with van der Waals surface area (Å²) < 4.78 is 7.91. The molecule has 0 aliphatic carbocycles. The van der Waals surface area contributed by atoms with E-state index in [4.69, 9.17) is 9.72 Å². The third-order valence-corrected chi connectivity index (χ3v) is 6.14. The van der Waals surface area contributed by atoms with Crippen LogP contribution in [0.4, 0.5) is 0 Å². The Bertz CT molecular complexity index is 1480. The number of hydrogen-bond donors (Lipinski definition) is 1. The van der Waals surface area contributed by atoms with Crippen molar-refractivity contribution in [2.24, 2.45) is 0 Å². The van der Waals surface area contributed by atoms with Crippen LogP contribution in [0.2, 0.25) is 0 Å². The molecule has 10 nitrogen and oxygen atoms in total. The number of imidazole rings is 1. The van der Waals surface area contributed by atoms with Crippen molar-refractivity contribution in [2.75, 3.05) is 6.54 Å². The van der Waals surface area contributed by atoms with E-state index in [0.29, 0.717) is 23.1 Å². The van der Waals surface area contributed by atoms with E-state index < -0.39 is 0 Å². The van der Waals surface area contributed by atoms with Gasteiger partial charge in [-0.1, -0.05) is 6.07 Å². The molecular weight excluding hydrogens is 444 g/mol. The Hall–Kier alpha value is -4.60. The van der Waals surface area contributed by atoms with E-state index in [9.17, 15) is 4.79 Å². The van der Waals surface area contributed by atoms with Crippen molar-refractivity contribution >= 4 is 16.9 Å². The van der Waals surface area contributed by atoms with Crippen LogP contribution in [-0.4, -0.2) is 52.1 Å². The van der Waals surface area contributed by atoms with Crippen LogP contribution in [0.25, 0.3) is 28.4 Å². The molecule has 0 saturated carbocycles. The van der Waals surface area contributed by atoms with Crippen molar-refractivity contribution in [3.8, 4) is 28.8 Å². The van der Waals surface area contributed by atoms with Crippen LogP contribution in [0, 0.1) is 0 Å². The third-order valence-electron chi connectivity index (χ3n) is 6.14. The number of H-pyrrole nitrogens is 1. The Balaban J connectivity index is 1.41. The molecule has 6 rings (SSSR count). The fraction of sp³-hybridized carbons (Fsp3) is 0.200. The standard InChI is InChI=1S/C25H22N8O2/c1-16(34)32-10-4-6-22(32)18-11-20-21(31-25(30-20)19-5-2-3-9-27-19)12-23(18)35-17-7-8-24(28-13-17)33-15-26-14-29-33/h2-3,5,7-9,11-15,22H,4,6,10H2,1H3,(H,30,31). The summed E-state index contributed by atoms with van der Waals surface area (Å²) in [6.07, 6.45) is 8.24. The first kappa shape index (κ1) is 21.0. The Kier molecular flexibility index (Phi) is 5.17. The summed E-state index contributed by atoms with van der Waals surface area (Å²) in [4.78, 5) is 35.1. The quantitative estimate of drug-likeness (QED) is 0.415. The highest BCUT2D eigenvalue weighted by Gasteiger charge is 2.31. The molecular formula is C25H22N8O2. The summed E-state index contributed by atoms with van der Waals surface area (Å²) in [5.41, 5.74) is 3.31. The molecule has 174 valence electrons. The number of benzene rings is 1. The Labute approximate surface area is 200 Å². The van der Waals surface area contributed by atoms with Gasteiger partial charge in [0.05, 0.1) is 23.3 Å². The van der Waals surface area contributed by atoms with Crippen LogP contribution in [0.1, 0.15) is 31.4 Å². The predicted octanol–water partition coefficient (Wildman–Crippen LogP) is 4.08. The van der Waals surface area contributed by atoms with Crippen molar-refractivity contribution in [1.29, 1.82) is 0 Å². The number of rotatable bonds is 5. The monoisotopic (exact) mass is 466 g/mol. The van der Waals surface area contributed by atoms with E-state index in [0.717, 1.165) is 41.7 Å². The van der Waals surface area contributed by atoms with Gasteiger partial charge in [0.1, 0.15) is 29.8 Å². The van der Waals surface area contributed by atoms with Gasteiger partial charge in [0, 0.05) is 31.3 Å². The van der Waals surface area contributed by atoms with Crippen LogP contribution < -0.4 is 4.74 Å². The second-order valence-corrected chi connectivity index (χ2v) is 8.37. The molecule has 1 saturated heterocycles. The van der Waals surface area contributed by atoms with E-state index in [1.54, 1.807) is 30.3 Å². The summed E-state index contributed by atoms with van der Waals surface area (Å²) >= 11 is 0. The summed E-state index contributed by atoms with van der Waals surface area (Å²) in [6.45, 7) is 2.34. The minimum Gasteiger partial charge on any atom is -0.455 e. The zero-order valence-electron chi connectivity index (χ0n) is 19.0. The van der Waals surface area contributed by atoms with Gasteiger partial charge < -0.3 is 14.6 Å². The van der Waals surface area contributed by atoms with Crippen molar-refractivity contribution in [3.63, 3.8) is 0 Å². The number of aromatic amines is 1. The number of nitrogens with one attached hydrogen (secondary N) is 1. The van der Waals surface area contributed by atoms with E-state index in [2.05, 4.69) is 25.0 Å². The SMILES string of the molecule is CC(=O)N1CCCC1c1cc2[nH]c(-c3ccccn3)nc2cc1Oc1ccc(-n2cncn2)nc1. The van der Waals surface area contributed by atoms with Gasteiger partial charge in [0.15, 0.2) is 11.6 Å². The average Bonchev–Trinajstić information content (AvgIpc) is 3.65. The van der Waals surface area contributed by atoms with Gasteiger partial charge in [-0.25, -0.2) is 19.6 Å². The smallest absolute Gasteiger partial charge is 0.219 e. The predicted molar refractivity (Wildman–Crippen MR) is 128 cm³/mol. The maximum Gasteiger partial charge on any atom is 0.219 e. The maximum atomic E-state index is 12.3. The molecule has 1 aromatic carbocycles. The van der Waals surface area contributed by atoms with Crippen LogP contribution in [0.15, 0.2) is 67.5 Å². The average molecular weight is 467 g/mol. The minimum absolute atomic E-state index is 0.0520. The normalized spacial score (nSPS) is 15.6. The Morgan fingerprint density at radius 1 is 1.17 bits per heavy atom. The molecule has 1 atom stereocenters. The molecule has 35 heavy (non-hydrogen) atoms. The van der Waals surface area contributed by atoms with Gasteiger partial charge in [-0.3, -0.25) is 9.78 Å². The molecule has 0 spiro atoms. The Morgan fingerprint density at radius 3 is 2.86 bits per heavy atom. The fourth-order valence-electron chi connectivity index (χ4n) is 4.52. The lowest BCUT2D eigenvalue weighted by Crippen LogP contribution is -2.28. The number of carbonyl (C=O) groups is 1. The first-order valence-corrected chi connectivity index (χ1v) is 11.4. The minimum atomic E-state index is -0.0733. The Morgan fingerprint density at radius 2 is 2.11 bits per heavy atom. The third kappa shape index (κ3) is 3.99. The lowest BCUT2D eigenvalue weighted by atomic mass is 10.0. The summed E-state index contributed by atoms with van der Waals surface area (Å²) in [6, 6.07) is 13.2. The summed E-state index contributed by atoms with van der Waals surface area (Å²) in [7, 11) is 0. The van der Waals surface area contributed by atoms with Gasteiger partial charge in [-0.15, -0.1) is 0 Å². The molecule has 1 amide bonds. The molecule has 5 aromatic rings. The lowest BCUT2D eigenvalue weighted by Gasteiger charge is -2.25. The van der Waals surface area contributed by atoms with Crippen molar-refractivity contribution in [3.05, 3.63) is 73.1 Å². The van der Waals surface area contributed by atoms with Gasteiger partial charge in [-0.2, -0.15) is 5.10 Å². The molecule has 10 heteroatoms. The van der Waals surface area contributed by atoms with E-state index in [1.807, 2.05) is 47.4 Å². The highest BCUT2D eigenvalue weighted by atomic mass is 16.5. The number of hydrogen-bond acceptors (Lipinski definition) is 7. The van der Waals surface area contributed by atoms with Gasteiger partial charge in [0.25, 0.3) is 0 Å². The van der Waals surface area contributed by atoms with E-state index in [-0.39, 0.29) is 11.9 Å². The van der Waals surface area contributed by atoms with Crippen LogP contribution >= 0.6 is 0 Å². The number of carbonyl (C=O) groups excluding carboxylic acids is 1. The zero-order chi connectivity index (χ0) is 23.8. The number of amides is 1. The molecule has 4 aromatic heterocycles. The van der Waals surface area contributed by atoms with Crippen LogP contribution in [0.3, 0.4) is 0 Å². The van der Waals surface area contributed by atoms with Gasteiger partial charge in [0.2, 0.25) is 5.91 Å². The second-order valence-electron chi connectivity index (χ2n) is 8.37. The molecule has 1 fully saturated rings. The molecule has 1 aliphatic rings. The van der Waals surface area contributed by atoms with Crippen molar-refractivity contribution < 1.29 is 9.53 Å². The number of nitrogens with zero attached hydrogens (tertiary/aromatic N) is 7. The first-order valence-electron chi connectivity index (χ1n) is 11.4. The maximum absolute atomic E-state index is 12.3. The van der Waals surface area contributed by atoms with E-state index >= 15 is 0 Å².